The lowest BCUT2D eigenvalue weighted by Gasteiger charge is -2.13. The Kier molecular flexibility index (Phi) is 9.08. The Balaban J connectivity index is 1.36. The number of ether oxygens (including phenoxy) is 2. The van der Waals surface area contributed by atoms with Crippen LogP contribution in [0, 0.1) is 0 Å². The van der Waals surface area contributed by atoms with Crippen molar-refractivity contribution in [2.24, 2.45) is 0 Å². The van der Waals surface area contributed by atoms with Crippen molar-refractivity contribution in [1.29, 1.82) is 0 Å². The summed E-state index contributed by atoms with van der Waals surface area (Å²) in [6.45, 7) is 0.158. The van der Waals surface area contributed by atoms with Crippen molar-refractivity contribution in [2.75, 3.05) is 17.1 Å². The van der Waals surface area contributed by atoms with E-state index in [9.17, 15) is 13.2 Å². The minimum atomic E-state index is -3.81. The zero-order chi connectivity index (χ0) is 27.8. The Morgan fingerprint density at radius 1 is 0.949 bits per heavy atom. The van der Waals surface area contributed by atoms with E-state index in [1.165, 1.54) is 43.6 Å². The summed E-state index contributed by atoms with van der Waals surface area (Å²) in [6.07, 6.45) is 4.45. The summed E-state index contributed by atoms with van der Waals surface area (Å²) >= 11 is 12.4. The molecule has 0 radical (unpaired) electrons. The molecule has 0 spiro atoms. The van der Waals surface area contributed by atoms with Crippen molar-refractivity contribution >= 4 is 56.7 Å². The van der Waals surface area contributed by atoms with Gasteiger partial charge in [0.1, 0.15) is 12.4 Å². The molecular formula is C28H23Cl2N3O5S. The van der Waals surface area contributed by atoms with Gasteiger partial charge in [-0.1, -0.05) is 41.4 Å². The first-order chi connectivity index (χ1) is 18.7. The van der Waals surface area contributed by atoms with Crippen LogP contribution < -0.4 is 19.5 Å². The molecule has 2 N–H and O–H groups in total. The molecular weight excluding hydrogens is 561 g/mol. The highest BCUT2D eigenvalue weighted by atomic mass is 35.5. The fraction of sp³-hybridized carbons (Fsp3) is 0.0714. The molecule has 0 saturated heterocycles. The van der Waals surface area contributed by atoms with Crippen LogP contribution in [0.15, 0.2) is 96.0 Å². The molecule has 1 aromatic heterocycles. The van der Waals surface area contributed by atoms with Gasteiger partial charge in [-0.2, -0.15) is 0 Å². The molecule has 0 aliphatic carbocycles. The van der Waals surface area contributed by atoms with Gasteiger partial charge >= 0.3 is 0 Å². The number of pyridine rings is 1. The van der Waals surface area contributed by atoms with Crippen LogP contribution in [0.3, 0.4) is 0 Å². The van der Waals surface area contributed by atoms with Crippen LogP contribution in [0.25, 0.3) is 6.08 Å². The number of anilines is 2. The number of hydrogen-bond acceptors (Lipinski definition) is 6. The van der Waals surface area contributed by atoms with E-state index in [0.717, 1.165) is 0 Å². The van der Waals surface area contributed by atoms with E-state index >= 15 is 0 Å². The third-order valence-corrected chi connectivity index (χ3v) is 7.46. The van der Waals surface area contributed by atoms with Crippen LogP contribution in [0.4, 0.5) is 11.5 Å². The van der Waals surface area contributed by atoms with Gasteiger partial charge in [0, 0.05) is 33.6 Å². The number of benzene rings is 3. The quantitative estimate of drug-likeness (QED) is 0.208. The second-order valence-electron chi connectivity index (χ2n) is 8.07. The molecule has 0 atom stereocenters. The topological polar surface area (TPSA) is 107 Å². The number of halogens is 2. The molecule has 1 heterocycles. The molecule has 4 aromatic rings. The molecule has 1 amide bonds. The van der Waals surface area contributed by atoms with Crippen molar-refractivity contribution < 1.29 is 22.7 Å². The molecule has 0 unspecified atom stereocenters. The Labute approximate surface area is 236 Å². The van der Waals surface area contributed by atoms with Crippen molar-refractivity contribution in [2.45, 2.75) is 11.5 Å². The van der Waals surface area contributed by atoms with Crippen LogP contribution in [-0.4, -0.2) is 26.4 Å². The number of methoxy groups -OCH3 is 1. The minimum absolute atomic E-state index is 0.0351. The Bertz CT molecular complexity index is 1580. The number of nitrogens with one attached hydrogen (secondary N) is 2. The highest BCUT2D eigenvalue weighted by molar-refractivity contribution is 7.92. The average molecular weight is 584 g/mol. The van der Waals surface area contributed by atoms with E-state index in [0.29, 0.717) is 38.4 Å². The van der Waals surface area contributed by atoms with Gasteiger partial charge in [-0.05, 0) is 72.3 Å². The van der Waals surface area contributed by atoms with Crippen LogP contribution >= 0.6 is 23.2 Å². The number of sulfonamides is 1. The second-order valence-corrected chi connectivity index (χ2v) is 10.6. The van der Waals surface area contributed by atoms with Crippen LogP contribution in [0.5, 0.6) is 11.5 Å². The third-order valence-electron chi connectivity index (χ3n) is 5.38. The monoisotopic (exact) mass is 583 g/mol. The summed E-state index contributed by atoms with van der Waals surface area (Å²) < 4.78 is 38.7. The van der Waals surface area contributed by atoms with Gasteiger partial charge in [0.25, 0.3) is 10.0 Å². The highest BCUT2D eigenvalue weighted by Crippen LogP contribution is 2.31. The second kappa shape index (κ2) is 12.7. The first-order valence-corrected chi connectivity index (χ1v) is 13.8. The number of aromatic nitrogens is 1. The Morgan fingerprint density at radius 3 is 2.36 bits per heavy atom. The fourth-order valence-electron chi connectivity index (χ4n) is 3.42. The largest absolute Gasteiger partial charge is 0.493 e. The third kappa shape index (κ3) is 7.51. The lowest BCUT2D eigenvalue weighted by Crippen LogP contribution is -2.14. The summed E-state index contributed by atoms with van der Waals surface area (Å²) in [7, 11) is -2.30. The summed E-state index contributed by atoms with van der Waals surface area (Å²) in [5.41, 5.74) is 1.80. The summed E-state index contributed by atoms with van der Waals surface area (Å²) in [6, 6.07) is 21.1. The van der Waals surface area contributed by atoms with Crippen molar-refractivity contribution in [1.82, 2.24) is 4.98 Å². The molecule has 0 aliphatic heterocycles. The molecule has 8 nitrogen and oxygen atoms in total. The molecule has 200 valence electrons. The maximum absolute atomic E-state index is 12.5. The van der Waals surface area contributed by atoms with Crippen molar-refractivity contribution in [3.05, 3.63) is 112 Å². The molecule has 4 rings (SSSR count). The van der Waals surface area contributed by atoms with Crippen molar-refractivity contribution in [3.8, 4) is 11.5 Å². The van der Waals surface area contributed by atoms with Crippen molar-refractivity contribution in [3.63, 3.8) is 0 Å². The van der Waals surface area contributed by atoms with Crippen LogP contribution in [0.1, 0.15) is 11.1 Å². The molecule has 0 saturated carbocycles. The lowest BCUT2D eigenvalue weighted by molar-refractivity contribution is -0.111. The molecule has 39 heavy (non-hydrogen) atoms. The molecule has 0 bridgehead atoms. The maximum atomic E-state index is 12.5. The number of carbonyl (C=O) groups excluding carboxylic acids is 1. The fourth-order valence-corrected chi connectivity index (χ4v) is 4.94. The standard InChI is InChI=1S/C28H23Cl2N3O5S/c1-37-26-17-19(8-14-25(26)38-18-22-23(29)5-4-6-24(22)30)9-15-28(34)32-20-10-12-21(13-11-20)39(35,36)33-27-7-2-3-16-31-27/h2-17H,18H2,1H3,(H,31,33)(H,32,34)/b15-9+. The Hall–Kier alpha value is -4.05. The van der Waals surface area contributed by atoms with E-state index in [-0.39, 0.29) is 17.3 Å². The van der Waals surface area contributed by atoms with E-state index < -0.39 is 15.9 Å². The van der Waals surface area contributed by atoms with E-state index in [2.05, 4.69) is 15.0 Å². The van der Waals surface area contributed by atoms with E-state index in [1.54, 1.807) is 60.7 Å². The number of nitrogens with zero attached hydrogens (tertiary/aromatic N) is 1. The molecule has 0 aliphatic rings. The lowest BCUT2D eigenvalue weighted by atomic mass is 10.2. The summed E-state index contributed by atoms with van der Waals surface area (Å²) in [5.74, 6) is 0.769. The molecule has 0 fully saturated rings. The van der Waals surface area contributed by atoms with Gasteiger partial charge in [0.05, 0.1) is 12.0 Å². The predicted octanol–water partition coefficient (Wildman–Crippen LogP) is 6.43. The summed E-state index contributed by atoms with van der Waals surface area (Å²) in [5, 5.41) is 3.70. The van der Waals surface area contributed by atoms with Gasteiger partial charge in [-0.15, -0.1) is 0 Å². The average Bonchev–Trinajstić information content (AvgIpc) is 2.92. The zero-order valence-corrected chi connectivity index (χ0v) is 22.9. The van der Waals surface area contributed by atoms with E-state index in [1.807, 2.05) is 0 Å². The molecule has 3 aromatic carbocycles. The number of amides is 1. The normalized spacial score (nSPS) is 11.3. The highest BCUT2D eigenvalue weighted by Gasteiger charge is 2.15. The Morgan fingerprint density at radius 2 is 1.69 bits per heavy atom. The zero-order valence-electron chi connectivity index (χ0n) is 20.6. The van der Waals surface area contributed by atoms with Gasteiger partial charge in [-0.25, -0.2) is 13.4 Å². The van der Waals surface area contributed by atoms with E-state index in [4.69, 9.17) is 32.7 Å². The molecule has 11 heteroatoms. The van der Waals surface area contributed by atoms with Crippen LogP contribution in [0.2, 0.25) is 10.0 Å². The van der Waals surface area contributed by atoms with Gasteiger partial charge in [0.2, 0.25) is 5.91 Å². The van der Waals surface area contributed by atoms with Gasteiger partial charge in [-0.3, -0.25) is 9.52 Å². The first-order valence-electron chi connectivity index (χ1n) is 11.5. The number of carbonyl (C=O) groups is 1. The smallest absolute Gasteiger partial charge is 0.263 e. The first kappa shape index (κ1) is 28.0. The number of hydrogen-bond donors (Lipinski definition) is 2. The maximum Gasteiger partial charge on any atom is 0.263 e. The summed E-state index contributed by atoms with van der Waals surface area (Å²) in [4.78, 5) is 16.4. The van der Waals surface area contributed by atoms with Crippen LogP contribution in [-0.2, 0) is 21.4 Å². The van der Waals surface area contributed by atoms with Gasteiger partial charge < -0.3 is 14.8 Å². The predicted molar refractivity (Wildman–Crippen MR) is 153 cm³/mol. The minimum Gasteiger partial charge on any atom is -0.493 e. The van der Waals surface area contributed by atoms with Gasteiger partial charge in [0.15, 0.2) is 11.5 Å². The number of rotatable bonds is 10. The SMILES string of the molecule is COc1cc(/C=C/C(=O)Nc2ccc(S(=O)(=O)Nc3ccccn3)cc2)ccc1OCc1c(Cl)cccc1Cl.